The molecule has 0 radical (unpaired) electrons. The number of carbonyl (C=O) groups is 1. The highest BCUT2D eigenvalue weighted by Crippen LogP contribution is 2.24. The Labute approximate surface area is 100 Å². The van der Waals surface area contributed by atoms with Crippen molar-refractivity contribution in [1.82, 2.24) is 25.5 Å². The van der Waals surface area contributed by atoms with Crippen LogP contribution >= 0.6 is 0 Å². The molecule has 17 heavy (non-hydrogen) atoms. The molecule has 0 unspecified atom stereocenters. The van der Waals surface area contributed by atoms with E-state index in [1.54, 1.807) is 0 Å². The zero-order chi connectivity index (χ0) is 12.7. The van der Waals surface area contributed by atoms with Gasteiger partial charge in [0.2, 0.25) is 5.91 Å². The van der Waals surface area contributed by atoms with Crippen LogP contribution in [0.25, 0.3) is 0 Å². The molecule has 0 aliphatic rings. The standard InChI is InChI=1S/C10H19N5O2/c1-3-10(4-2,7-16)6-11-9(17)5-15-8-12-13-14-15/h8,16H,3-7H2,1-2H3,(H,11,17). The van der Waals surface area contributed by atoms with Gasteiger partial charge in [0.25, 0.3) is 0 Å². The molecule has 96 valence electrons. The van der Waals surface area contributed by atoms with Crippen LogP contribution in [0.4, 0.5) is 0 Å². The van der Waals surface area contributed by atoms with E-state index in [0.717, 1.165) is 12.8 Å². The van der Waals surface area contributed by atoms with Crippen molar-refractivity contribution >= 4 is 5.91 Å². The third-order valence-electron chi connectivity index (χ3n) is 3.19. The number of nitrogens with one attached hydrogen (secondary N) is 1. The molecular formula is C10H19N5O2. The molecular weight excluding hydrogens is 222 g/mol. The van der Waals surface area contributed by atoms with Crippen LogP contribution in [-0.2, 0) is 11.3 Å². The van der Waals surface area contributed by atoms with E-state index in [1.165, 1.54) is 11.0 Å². The van der Waals surface area contributed by atoms with E-state index in [4.69, 9.17) is 0 Å². The molecule has 1 aromatic heterocycles. The topological polar surface area (TPSA) is 92.9 Å². The highest BCUT2D eigenvalue weighted by molar-refractivity contribution is 5.75. The molecule has 0 saturated heterocycles. The normalized spacial score (nSPS) is 11.5. The second kappa shape index (κ2) is 6.29. The predicted molar refractivity (Wildman–Crippen MR) is 60.9 cm³/mol. The number of aromatic nitrogens is 4. The van der Waals surface area contributed by atoms with E-state index in [-0.39, 0.29) is 24.5 Å². The van der Waals surface area contributed by atoms with E-state index in [2.05, 4.69) is 20.8 Å². The molecule has 7 heteroatoms. The minimum absolute atomic E-state index is 0.0746. The van der Waals surface area contributed by atoms with Gasteiger partial charge in [0.15, 0.2) is 0 Å². The van der Waals surface area contributed by atoms with Crippen LogP contribution in [0, 0.1) is 5.41 Å². The van der Waals surface area contributed by atoms with Gasteiger partial charge >= 0.3 is 0 Å². The fourth-order valence-corrected chi connectivity index (χ4v) is 1.52. The smallest absolute Gasteiger partial charge is 0.241 e. The second-order valence-corrected chi connectivity index (χ2v) is 4.15. The summed E-state index contributed by atoms with van der Waals surface area (Å²) in [7, 11) is 0. The Kier molecular flexibility index (Phi) is 5.02. The van der Waals surface area contributed by atoms with E-state index in [9.17, 15) is 9.90 Å². The van der Waals surface area contributed by atoms with Crippen molar-refractivity contribution in [2.45, 2.75) is 33.2 Å². The number of aliphatic hydroxyl groups is 1. The summed E-state index contributed by atoms with van der Waals surface area (Å²) in [6, 6.07) is 0. The Bertz CT molecular complexity index is 326. The van der Waals surface area contributed by atoms with E-state index < -0.39 is 0 Å². The lowest BCUT2D eigenvalue weighted by molar-refractivity contribution is -0.122. The van der Waals surface area contributed by atoms with Gasteiger partial charge in [-0.05, 0) is 23.3 Å². The molecule has 2 N–H and O–H groups in total. The maximum absolute atomic E-state index is 11.6. The lowest BCUT2D eigenvalue weighted by Crippen LogP contribution is -2.40. The van der Waals surface area contributed by atoms with Gasteiger partial charge in [-0.2, -0.15) is 0 Å². The van der Waals surface area contributed by atoms with Crippen molar-refractivity contribution in [2.24, 2.45) is 5.41 Å². The number of aliphatic hydroxyl groups excluding tert-OH is 1. The third kappa shape index (κ3) is 3.77. The number of tetrazole rings is 1. The summed E-state index contributed by atoms with van der Waals surface area (Å²) < 4.78 is 1.36. The van der Waals surface area contributed by atoms with Crippen LogP contribution in [-0.4, -0.2) is 44.4 Å². The maximum atomic E-state index is 11.6. The molecule has 1 aromatic rings. The quantitative estimate of drug-likeness (QED) is 0.677. The molecule has 0 atom stereocenters. The summed E-state index contributed by atoms with van der Waals surface area (Å²) in [6.07, 6.45) is 3.04. The van der Waals surface area contributed by atoms with Crippen molar-refractivity contribution in [3.8, 4) is 0 Å². The number of rotatable bonds is 7. The minimum Gasteiger partial charge on any atom is -0.396 e. The number of hydrogen-bond acceptors (Lipinski definition) is 5. The SMILES string of the molecule is CCC(CC)(CO)CNC(=O)Cn1cnnn1. The molecule has 0 aliphatic carbocycles. The van der Waals surface area contributed by atoms with Gasteiger partial charge in [0, 0.05) is 12.0 Å². The lowest BCUT2D eigenvalue weighted by atomic mass is 9.83. The molecule has 0 aliphatic heterocycles. The molecule has 7 nitrogen and oxygen atoms in total. The van der Waals surface area contributed by atoms with Crippen molar-refractivity contribution in [1.29, 1.82) is 0 Å². The Morgan fingerprint density at radius 1 is 1.47 bits per heavy atom. The Hall–Kier alpha value is -1.50. The highest BCUT2D eigenvalue weighted by Gasteiger charge is 2.25. The summed E-state index contributed by atoms with van der Waals surface area (Å²) in [5.41, 5.74) is -0.226. The molecule has 1 amide bonds. The van der Waals surface area contributed by atoms with E-state index >= 15 is 0 Å². The van der Waals surface area contributed by atoms with Crippen molar-refractivity contribution in [3.05, 3.63) is 6.33 Å². The Morgan fingerprint density at radius 2 is 2.18 bits per heavy atom. The van der Waals surface area contributed by atoms with Crippen LogP contribution < -0.4 is 5.32 Å². The van der Waals surface area contributed by atoms with Crippen molar-refractivity contribution in [2.75, 3.05) is 13.2 Å². The average molecular weight is 241 g/mol. The fraction of sp³-hybridized carbons (Fsp3) is 0.800. The average Bonchev–Trinajstić information content (AvgIpc) is 2.84. The number of carbonyl (C=O) groups excluding carboxylic acids is 1. The summed E-state index contributed by atoms with van der Waals surface area (Å²) in [5.74, 6) is -0.156. The van der Waals surface area contributed by atoms with Gasteiger partial charge < -0.3 is 10.4 Å². The summed E-state index contributed by atoms with van der Waals surface area (Å²) >= 11 is 0. The van der Waals surface area contributed by atoms with Gasteiger partial charge in [0.1, 0.15) is 12.9 Å². The fourth-order valence-electron chi connectivity index (χ4n) is 1.52. The first-order valence-electron chi connectivity index (χ1n) is 5.74. The molecule has 0 spiro atoms. The first-order valence-corrected chi connectivity index (χ1v) is 5.74. The molecule has 1 rings (SSSR count). The van der Waals surface area contributed by atoms with Crippen LogP contribution in [0.15, 0.2) is 6.33 Å². The van der Waals surface area contributed by atoms with E-state index in [1.807, 2.05) is 13.8 Å². The summed E-state index contributed by atoms with van der Waals surface area (Å²) in [5, 5.41) is 22.7. The first kappa shape index (κ1) is 13.6. The second-order valence-electron chi connectivity index (χ2n) is 4.15. The zero-order valence-electron chi connectivity index (χ0n) is 10.3. The third-order valence-corrected chi connectivity index (χ3v) is 3.19. The van der Waals surface area contributed by atoms with Crippen LogP contribution in [0.3, 0.4) is 0 Å². The number of amides is 1. The van der Waals surface area contributed by atoms with Crippen molar-refractivity contribution < 1.29 is 9.90 Å². The van der Waals surface area contributed by atoms with Crippen LogP contribution in [0.5, 0.6) is 0 Å². The van der Waals surface area contributed by atoms with Gasteiger partial charge in [-0.25, -0.2) is 4.68 Å². The molecule has 0 bridgehead atoms. The van der Waals surface area contributed by atoms with Gasteiger partial charge in [-0.1, -0.05) is 13.8 Å². The molecule has 0 saturated carbocycles. The lowest BCUT2D eigenvalue weighted by Gasteiger charge is -2.29. The first-order chi connectivity index (χ1) is 8.15. The van der Waals surface area contributed by atoms with E-state index in [0.29, 0.717) is 6.54 Å². The Balaban J connectivity index is 2.41. The largest absolute Gasteiger partial charge is 0.396 e. The van der Waals surface area contributed by atoms with Crippen LogP contribution in [0.2, 0.25) is 0 Å². The summed E-state index contributed by atoms with van der Waals surface area (Å²) in [6.45, 7) is 4.66. The molecule has 0 fully saturated rings. The molecule has 0 aromatic carbocycles. The highest BCUT2D eigenvalue weighted by atomic mass is 16.3. The minimum atomic E-state index is -0.226. The zero-order valence-corrected chi connectivity index (χ0v) is 10.3. The van der Waals surface area contributed by atoms with Crippen molar-refractivity contribution in [3.63, 3.8) is 0 Å². The molecule has 1 heterocycles. The predicted octanol–water partition coefficient (Wildman–Crippen LogP) is -0.412. The van der Waals surface area contributed by atoms with Gasteiger partial charge in [-0.15, -0.1) is 5.10 Å². The Morgan fingerprint density at radius 3 is 2.65 bits per heavy atom. The monoisotopic (exact) mass is 241 g/mol. The summed E-state index contributed by atoms with van der Waals surface area (Å²) in [4.78, 5) is 11.6. The van der Waals surface area contributed by atoms with Gasteiger partial charge in [0.05, 0.1) is 6.61 Å². The maximum Gasteiger partial charge on any atom is 0.241 e. The van der Waals surface area contributed by atoms with Crippen LogP contribution in [0.1, 0.15) is 26.7 Å². The number of nitrogens with zero attached hydrogens (tertiary/aromatic N) is 4. The van der Waals surface area contributed by atoms with Gasteiger partial charge in [-0.3, -0.25) is 4.79 Å². The number of hydrogen-bond donors (Lipinski definition) is 2.